The number of hydrogen-bond donors (Lipinski definition) is 1. The molecule has 2 unspecified atom stereocenters. The summed E-state index contributed by atoms with van der Waals surface area (Å²) in [6.07, 6.45) is 7.12. The van der Waals surface area contributed by atoms with Gasteiger partial charge in [-0.25, -0.2) is 4.98 Å². The van der Waals surface area contributed by atoms with Crippen LogP contribution >= 0.6 is 0 Å². The van der Waals surface area contributed by atoms with Crippen LogP contribution in [0.1, 0.15) is 31.2 Å². The molecular weight excluding hydrogens is 238 g/mol. The van der Waals surface area contributed by atoms with E-state index >= 15 is 0 Å². The van der Waals surface area contributed by atoms with Crippen LogP contribution in [0.25, 0.3) is 0 Å². The molecule has 0 radical (unpaired) electrons. The van der Waals surface area contributed by atoms with Gasteiger partial charge in [-0.1, -0.05) is 0 Å². The topological polar surface area (TPSA) is 37.4 Å². The van der Waals surface area contributed by atoms with Crippen molar-refractivity contribution in [3.05, 3.63) is 23.9 Å². The molecule has 2 aliphatic rings. The van der Waals surface area contributed by atoms with Crippen molar-refractivity contribution in [2.24, 2.45) is 0 Å². The molecule has 1 aromatic rings. The van der Waals surface area contributed by atoms with E-state index in [9.17, 15) is 0 Å². The lowest BCUT2D eigenvalue weighted by molar-refractivity contribution is 0.111. The first kappa shape index (κ1) is 12.9. The fourth-order valence-corrected chi connectivity index (χ4v) is 3.64. The van der Waals surface area contributed by atoms with E-state index in [-0.39, 0.29) is 0 Å². The molecule has 1 aromatic heterocycles. The lowest BCUT2D eigenvalue weighted by Crippen LogP contribution is -2.47. The molecule has 0 spiro atoms. The van der Waals surface area contributed by atoms with Crippen molar-refractivity contribution in [1.29, 1.82) is 0 Å². The Balaban J connectivity index is 1.70. The highest BCUT2D eigenvalue weighted by molar-refractivity contribution is 5.21. The van der Waals surface area contributed by atoms with Gasteiger partial charge in [0.2, 0.25) is 5.88 Å². The molecule has 2 fully saturated rings. The van der Waals surface area contributed by atoms with E-state index in [0.29, 0.717) is 6.04 Å². The van der Waals surface area contributed by atoms with E-state index in [1.165, 1.54) is 31.2 Å². The molecule has 0 aromatic carbocycles. The highest BCUT2D eigenvalue weighted by Gasteiger charge is 2.39. The van der Waals surface area contributed by atoms with Gasteiger partial charge in [-0.05, 0) is 44.4 Å². The SMILES string of the molecule is CNC1CC2CCC(C1)N2Cc1ccnc(OC)c1. The number of pyridine rings is 1. The predicted molar refractivity (Wildman–Crippen MR) is 75.2 cm³/mol. The molecule has 2 bridgehead atoms. The molecule has 1 N–H and O–H groups in total. The number of aromatic nitrogens is 1. The molecule has 104 valence electrons. The second-order valence-corrected chi connectivity index (χ2v) is 5.72. The van der Waals surface area contributed by atoms with Crippen LogP contribution in [-0.2, 0) is 6.54 Å². The van der Waals surface area contributed by atoms with Crippen LogP contribution in [0.5, 0.6) is 5.88 Å². The van der Waals surface area contributed by atoms with Gasteiger partial charge >= 0.3 is 0 Å². The number of nitrogens with zero attached hydrogens (tertiary/aromatic N) is 2. The minimum atomic E-state index is 0.709. The van der Waals surface area contributed by atoms with Crippen LogP contribution in [0.2, 0.25) is 0 Å². The Kier molecular flexibility index (Phi) is 3.71. The summed E-state index contributed by atoms with van der Waals surface area (Å²) in [5.74, 6) is 0.718. The lowest BCUT2D eigenvalue weighted by Gasteiger charge is -2.39. The molecule has 3 heterocycles. The van der Waals surface area contributed by atoms with Crippen molar-refractivity contribution in [2.45, 2.75) is 50.4 Å². The normalized spacial score (nSPS) is 30.5. The van der Waals surface area contributed by atoms with Gasteiger partial charge < -0.3 is 10.1 Å². The molecule has 2 aliphatic heterocycles. The highest BCUT2D eigenvalue weighted by Crippen LogP contribution is 2.36. The van der Waals surface area contributed by atoms with E-state index in [2.05, 4.69) is 34.4 Å². The van der Waals surface area contributed by atoms with Crippen LogP contribution < -0.4 is 10.1 Å². The van der Waals surface area contributed by atoms with Gasteiger partial charge in [0, 0.05) is 36.9 Å². The van der Waals surface area contributed by atoms with Crippen molar-refractivity contribution in [2.75, 3.05) is 14.2 Å². The Bertz CT molecular complexity index is 423. The Hall–Kier alpha value is -1.13. The third-order valence-corrected chi connectivity index (χ3v) is 4.67. The van der Waals surface area contributed by atoms with Gasteiger partial charge in [0.15, 0.2) is 0 Å². The van der Waals surface area contributed by atoms with Gasteiger partial charge in [0.25, 0.3) is 0 Å². The maximum atomic E-state index is 5.21. The summed E-state index contributed by atoms with van der Waals surface area (Å²) >= 11 is 0. The second-order valence-electron chi connectivity index (χ2n) is 5.72. The van der Waals surface area contributed by atoms with Gasteiger partial charge in [-0.2, -0.15) is 0 Å². The molecule has 0 aliphatic carbocycles. The van der Waals surface area contributed by atoms with Crippen molar-refractivity contribution in [1.82, 2.24) is 15.2 Å². The molecule has 3 rings (SSSR count). The Morgan fingerprint density at radius 2 is 2.11 bits per heavy atom. The molecule has 2 saturated heterocycles. The highest BCUT2D eigenvalue weighted by atomic mass is 16.5. The monoisotopic (exact) mass is 261 g/mol. The standard InChI is InChI=1S/C15H23N3O/c1-16-12-8-13-3-4-14(9-12)18(13)10-11-5-6-17-15(7-11)19-2/h5-7,12-14,16H,3-4,8-10H2,1-2H3. The molecule has 0 saturated carbocycles. The number of methoxy groups -OCH3 is 1. The molecule has 4 nitrogen and oxygen atoms in total. The fraction of sp³-hybridized carbons (Fsp3) is 0.667. The van der Waals surface area contributed by atoms with E-state index in [0.717, 1.165) is 24.5 Å². The number of nitrogens with one attached hydrogen (secondary N) is 1. The predicted octanol–water partition coefficient (Wildman–Crippen LogP) is 1.80. The second kappa shape index (κ2) is 5.47. The lowest BCUT2D eigenvalue weighted by atomic mass is 9.97. The summed E-state index contributed by atoms with van der Waals surface area (Å²) in [6.45, 7) is 1.03. The Morgan fingerprint density at radius 1 is 1.37 bits per heavy atom. The number of piperidine rings is 1. The number of ether oxygens (including phenoxy) is 1. The minimum absolute atomic E-state index is 0.709. The summed E-state index contributed by atoms with van der Waals surface area (Å²) in [4.78, 5) is 6.86. The summed E-state index contributed by atoms with van der Waals surface area (Å²) in [5, 5.41) is 3.45. The third kappa shape index (κ3) is 2.60. The summed E-state index contributed by atoms with van der Waals surface area (Å²) in [5.41, 5.74) is 1.31. The average molecular weight is 261 g/mol. The molecule has 4 heteroatoms. The van der Waals surface area contributed by atoms with Crippen LogP contribution in [-0.4, -0.2) is 42.2 Å². The van der Waals surface area contributed by atoms with Crippen LogP contribution in [0, 0.1) is 0 Å². The van der Waals surface area contributed by atoms with Gasteiger partial charge in [-0.3, -0.25) is 4.90 Å². The molecule has 0 amide bonds. The van der Waals surface area contributed by atoms with Crippen molar-refractivity contribution >= 4 is 0 Å². The fourth-order valence-electron chi connectivity index (χ4n) is 3.64. The van der Waals surface area contributed by atoms with Crippen LogP contribution in [0.15, 0.2) is 18.3 Å². The number of hydrogen-bond acceptors (Lipinski definition) is 4. The third-order valence-electron chi connectivity index (χ3n) is 4.67. The zero-order valence-electron chi connectivity index (χ0n) is 11.8. The largest absolute Gasteiger partial charge is 0.481 e. The molecule has 19 heavy (non-hydrogen) atoms. The first-order valence-corrected chi connectivity index (χ1v) is 7.22. The molecule has 2 atom stereocenters. The number of rotatable bonds is 4. The number of fused-ring (bicyclic) bond motifs is 2. The van der Waals surface area contributed by atoms with Crippen molar-refractivity contribution in [3.8, 4) is 5.88 Å². The van der Waals surface area contributed by atoms with Gasteiger partial charge in [0.05, 0.1) is 7.11 Å². The summed E-state index contributed by atoms with van der Waals surface area (Å²) in [7, 11) is 3.77. The summed E-state index contributed by atoms with van der Waals surface area (Å²) < 4.78 is 5.21. The smallest absolute Gasteiger partial charge is 0.213 e. The molecular formula is C15H23N3O. The van der Waals surface area contributed by atoms with Crippen LogP contribution in [0.3, 0.4) is 0 Å². The maximum absolute atomic E-state index is 5.21. The zero-order chi connectivity index (χ0) is 13.2. The van der Waals surface area contributed by atoms with E-state index < -0.39 is 0 Å². The Morgan fingerprint density at radius 3 is 2.74 bits per heavy atom. The average Bonchev–Trinajstić information content (AvgIpc) is 2.69. The van der Waals surface area contributed by atoms with Crippen molar-refractivity contribution < 1.29 is 4.74 Å². The van der Waals surface area contributed by atoms with E-state index in [1.54, 1.807) is 7.11 Å². The zero-order valence-corrected chi connectivity index (χ0v) is 11.8. The van der Waals surface area contributed by atoms with Crippen LogP contribution in [0.4, 0.5) is 0 Å². The van der Waals surface area contributed by atoms with E-state index in [4.69, 9.17) is 4.74 Å². The Labute approximate surface area is 115 Å². The maximum Gasteiger partial charge on any atom is 0.213 e. The first-order valence-electron chi connectivity index (χ1n) is 7.22. The summed E-state index contributed by atoms with van der Waals surface area (Å²) in [6, 6.07) is 6.36. The van der Waals surface area contributed by atoms with Gasteiger partial charge in [-0.15, -0.1) is 0 Å². The first-order chi connectivity index (χ1) is 9.30. The quantitative estimate of drug-likeness (QED) is 0.897. The van der Waals surface area contributed by atoms with E-state index in [1.807, 2.05) is 6.20 Å². The van der Waals surface area contributed by atoms with Gasteiger partial charge in [0.1, 0.15) is 0 Å². The van der Waals surface area contributed by atoms with Crippen molar-refractivity contribution in [3.63, 3.8) is 0 Å². The minimum Gasteiger partial charge on any atom is -0.481 e.